The van der Waals surface area contributed by atoms with E-state index in [0.717, 1.165) is 46.2 Å². The fourth-order valence-electron chi connectivity index (χ4n) is 6.15. The molecule has 4 aromatic rings. The van der Waals surface area contributed by atoms with Gasteiger partial charge >= 0.3 is 5.97 Å². The first-order chi connectivity index (χ1) is 19.6. The minimum atomic E-state index is -0.933. The van der Waals surface area contributed by atoms with Gasteiger partial charge in [-0.1, -0.05) is 30.3 Å². The highest BCUT2D eigenvalue weighted by Gasteiger charge is 2.25. The van der Waals surface area contributed by atoms with Gasteiger partial charge in [0.1, 0.15) is 29.5 Å². The fraction of sp³-hybridized carbons (Fsp3) is 0.364. The zero-order valence-corrected chi connectivity index (χ0v) is 22.9. The molecule has 1 aliphatic heterocycles. The quantitative estimate of drug-likeness (QED) is 0.276. The summed E-state index contributed by atoms with van der Waals surface area (Å²) in [6, 6.07) is 18.2. The predicted octanol–water partition coefficient (Wildman–Crippen LogP) is 6.31. The van der Waals surface area contributed by atoms with Crippen molar-refractivity contribution < 1.29 is 28.8 Å². The maximum absolute atomic E-state index is 12.7. The molecule has 0 spiro atoms. The largest absolute Gasteiger partial charge is 0.497 e. The number of ether oxygens (including phenoxy) is 4. The van der Waals surface area contributed by atoms with Crippen LogP contribution >= 0.6 is 0 Å². The topological polar surface area (TPSA) is 79.2 Å². The van der Waals surface area contributed by atoms with E-state index in [1.54, 1.807) is 7.11 Å². The van der Waals surface area contributed by atoms with Gasteiger partial charge in [0.25, 0.3) is 0 Å². The molecule has 0 atom stereocenters. The maximum atomic E-state index is 12.7. The molecule has 6 rings (SSSR count). The number of aryl methyl sites for hydroxylation is 2. The van der Waals surface area contributed by atoms with E-state index in [-0.39, 0.29) is 0 Å². The van der Waals surface area contributed by atoms with Gasteiger partial charge in [-0.05, 0) is 79.0 Å². The van der Waals surface area contributed by atoms with Gasteiger partial charge in [0.15, 0.2) is 0 Å². The summed E-state index contributed by atoms with van der Waals surface area (Å²) in [5, 5.41) is 11.4. The molecule has 0 radical (unpaired) electrons. The van der Waals surface area contributed by atoms with Gasteiger partial charge in [-0.3, -0.25) is 0 Å². The Morgan fingerprint density at radius 2 is 1.90 bits per heavy atom. The predicted molar refractivity (Wildman–Crippen MR) is 154 cm³/mol. The number of para-hydroxylation sites is 1. The van der Waals surface area contributed by atoms with Crippen LogP contribution in [0.4, 0.5) is 0 Å². The first kappa shape index (κ1) is 26.3. The van der Waals surface area contributed by atoms with E-state index >= 15 is 0 Å². The second kappa shape index (κ2) is 11.6. The van der Waals surface area contributed by atoms with Crippen LogP contribution in [0, 0.1) is 0 Å². The van der Waals surface area contributed by atoms with Crippen LogP contribution < -0.4 is 14.2 Å². The van der Waals surface area contributed by atoms with E-state index in [1.165, 1.54) is 24.0 Å². The molecule has 0 unspecified atom stereocenters. The number of rotatable bonds is 7. The molecule has 208 valence electrons. The lowest BCUT2D eigenvalue weighted by atomic mass is 9.91. The number of carboxylic acid groups (broad SMARTS) is 1. The monoisotopic (exact) mass is 541 g/mol. The Morgan fingerprint density at radius 1 is 1.02 bits per heavy atom. The highest BCUT2D eigenvalue weighted by Crippen LogP contribution is 2.38. The minimum Gasteiger partial charge on any atom is -0.497 e. The van der Waals surface area contributed by atoms with E-state index in [0.29, 0.717) is 63.0 Å². The average Bonchev–Trinajstić information content (AvgIpc) is 3.30. The van der Waals surface area contributed by atoms with Crippen LogP contribution in [0.3, 0.4) is 0 Å². The SMILES string of the molecule is COc1cc2cc(c1)-c1cccc3c(CCCOc4cccc5c4CCCC5)c(C(=O)O)n(c13)CCOCCO2. The third-order valence-electron chi connectivity index (χ3n) is 7.95. The summed E-state index contributed by atoms with van der Waals surface area (Å²) in [6.45, 7) is 2.16. The lowest BCUT2D eigenvalue weighted by Crippen LogP contribution is -2.16. The van der Waals surface area contributed by atoms with Crippen molar-refractivity contribution >= 4 is 16.9 Å². The van der Waals surface area contributed by atoms with Gasteiger partial charge in [0, 0.05) is 23.6 Å². The molecule has 0 saturated carbocycles. The van der Waals surface area contributed by atoms with Crippen molar-refractivity contribution in [3.05, 3.63) is 77.0 Å². The summed E-state index contributed by atoms with van der Waals surface area (Å²) >= 11 is 0. The lowest BCUT2D eigenvalue weighted by molar-refractivity contribution is 0.0675. The molecule has 40 heavy (non-hydrogen) atoms. The highest BCUT2D eigenvalue weighted by atomic mass is 16.5. The van der Waals surface area contributed by atoms with Crippen LogP contribution in [0.25, 0.3) is 22.0 Å². The van der Waals surface area contributed by atoms with E-state index in [4.69, 9.17) is 18.9 Å². The number of nitrogens with zero attached hydrogens (tertiary/aromatic N) is 1. The number of carboxylic acids is 1. The first-order valence-electron chi connectivity index (χ1n) is 14.1. The number of benzene rings is 3. The van der Waals surface area contributed by atoms with Gasteiger partial charge in [0.2, 0.25) is 0 Å². The van der Waals surface area contributed by atoms with Crippen molar-refractivity contribution in [2.24, 2.45) is 0 Å². The van der Waals surface area contributed by atoms with E-state index in [9.17, 15) is 9.90 Å². The van der Waals surface area contributed by atoms with E-state index in [2.05, 4.69) is 18.2 Å². The highest BCUT2D eigenvalue weighted by molar-refractivity contribution is 6.04. The van der Waals surface area contributed by atoms with Crippen molar-refractivity contribution in [1.29, 1.82) is 0 Å². The number of hydrogen-bond acceptors (Lipinski definition) is 5. The molecule has 7 heteroatoms. The second-order valence-corrected chi connectivity index (χ2v) is 10.4. The standard InChI is InChI=1S/C33H35NO6/c1-37-24-19-23-20-25(21-24)39-18-17-38-16-14-34-31-27(23)10-5-11-28(31)29(32(34)33(35)36)12-6-15-40-30-13-4-8-22-7-2-3-9-26(22)30/h4-5,8,10-11,13,19-21H,2-3,6-7,9,12,14-18H2,1H3,(H,35,36). The normalized spacial score (nSPS) is 14.9. The van der Waals surface area contributed by atoms with Crippen molar-refractivity contribution in [2.75, 3.05) is 33.5 Å². The molecule has 0 saturated heterocycles. The maximum Gasteiger partial charge on any atom is 0.352 e. The third kappa shape index (κ3) is 5.13. The van der Waals surface area contributed by atoms with Crippen LogP contribution in [0.1, 0.15) is 46.4 Å². The number of hydrogen-bond donors (Lipinski definition) is 1. The van der Waals surface area contributed by atoms with Gasteiger partial charge in [0.05, 0.1) is 32.4 Å². The van der Waals surface area contributed by atoms with Crippen molar-refractivity contribution in [2.45, 2.75) is 45.1 Å². The van der Waals surface area contributed by atoms with Gasteiger partial charge in [-0.2, -0.15) is 0 Å². The summed E-state index contributed by atoms with van der Waals surface area (Å²) in [7, 11) is 1.63. The molecule has 3 aromatic carbocycles. The Kier molecular flexibility index (Phi) is 7.64. The van der Waals surface area contributed by atoms with Crippen LogP contribution in [-0.2, 0) is 30.5 Å². The smallest absolute Gasteiger partial charge is 0.352 e. The number of aromatic carboxylic acids is 1. The Labute approximate surface area is 234 Å². The van der Waals surface area contributed by atoms with Gasteiger partial charge in [-0.25, -0.2) is 4.79 Å². The molecule has 2 heterocycles. The minimum absolute atomic E-state index is 0.319. The molecule has 0 fully saturated rings. The summed E-state index contributed by atoms with van der Waals surface area (Å²) in [6.07, 6.45) is 5.90. The lowest BCUT2D eigenvalue weighted by Gasteiger charge is -2.19. The Balaban J connectivity index is 1.36. The molecule has 0 amide bonds. The fourth-order valence-corrected chi connectivity index (χ4v) is 6.15. The summed E-state index contributed by atoms with van der Waals surface area (Å²) in [4.78, 5) is 12.7. The Bertz CT molecular complexity index is 1540. The zero-order chi connectivity index (χ0) is 27.5. The molecule has 1 aromatic heterocycles. The van der Waals surface area contributed by atoms with E-state index in [1.807, 2.05) is 41.0 Å². The van der Waals surface area contributed by atoms with Crippen molar-refractivity contribution in [1.82, 2.24) is 4.57 Å². The van der Waals surface area contributed by atoms with Gasteiger partial charge in [-0.15, -0.1) is 0 Å². The second-order valence-electron chi connectivity index (χ2n) is 10.4. The molecule has 7 nitrogen and oxygen atoms in total. The van der Waals surface area contributed by atoms with Crippen LogP contribution in [0.5, 0.6) is 17.2 Å². The number of carbonyl (C=O) groups is 1. The molecule has 2 bridgehead atoms. The summed E-state index contributed by atoms with van der Waals surface area (Å²) in [5.41, 5.74) is 6.61. The molecule has 1 aliphatic carbocycles. The summed E-state index contributed by atoms with van der Waals surface area (Å²) in [5.74, 6) is 1.41. The van der Waals surface area contributed by atoms with Crippen LogP contribution in [0.2, 0.25) is 0 Å². The number of fused-ring (bicyclic) bond motifs is 4. The summed E-state index contributed by atoms with van der Waals surface area (Å²) < 4.78 is 25.5. The number of methoxy groups -OCH3 is 1. The van der Waals surface area contributed by atoms with Crippen molar-refractivity contribution in [3.63, 3.8) is 0 Å². The molecule has 2 aliphatic rings. The first-order valence-corrected chi connectivity index (χ1v) is 14.1. The van der Waals surface area contributed by atoms with Crippen LogP contribution in [0.15, 0.2) is 54.6 Å². The molecular weight excluding hydrogens is 506 g/mol. The zero-order valence-electron chi connectivity index (χ0n) is 22.9. The molecular formula is C33H35NO6. The third-order valence-corrected chi connectivity index (χ3v) is 7.95. The Hall–Kier alpha value is -3.97. The Morgan fingerprint density at radius 3 is 2.77 bits per heavy atom. The average molecular weight is 542 g/mol. The molecule has 1 N–H and O–H groups in total. The van der Waals surface area contributed by atoms with E-state index < -0.39 is 5.97 Å². The van der Waals surface area contributed by atoms with Crippen LogP contribution in [-0.4, -0.2) is 49.2 Å². The van der Waals surface area contributed by atoms with Crippen molar-refractivity contribution in [3.8, 4) is 28.4 Å². The number of aromatic nitrogens is 1. The van der Waals surface area contributed by atoms with Gasteiger partial charge < -0.3 is 28.6 Å².